The molecule has 1 aliphatic heterocycles. The first-order valence-corrected chi connectivity index (χ1v) is 4.59. The highest BCUT2D eigenvalue weighted by Crippen LogP contribution is 2.44. The molecule has 9 heavy (non-hydrogen) atoms. The van der Waals surface area contributed by atoms with E-state index in [0.29, 0.717) is 5.44 Å². The van der Waals surface area contributed by atoms with Crippen molar-refractivity contribution in [2.45, 2.75) is 37.4 Å². The monoisotopic (exact) mass is 146 g/mol. The van der Waals surface area contributed by atoms with Gasteiger partial charge in [0.15, 0.2) is 0 Å². The average molecular weight is 146 g/mol. The van der Waals surface area contributed by atoms with Crippen LogP contribution in [0.5, 0.6) is 0 Å². The summed E-state index contributed by atoms with van der Waals surface area (Å²) in [5.74, 6) is 0. The molecule has 0 radical (unpaired) electrons. The summed E-state index contributed by atoms with van der Waals surface area (Å²) in [4.78, 5) is 0. The van der Waals surface area contributed by atoms with Gasteiger partial charge in [0, 0.05) is 11.9 Å². The van der Waals surface area contributed by atoms with Gasteiger partial charge in [-0.15, -0.1) is 11.8 Å². The van der Waals surface area contributed by atoms with Crippen molar-refractivity contribution < 1.29 is 4.74 Å². The van der Waals surface area contributed by atoms with Crippen LogP contribution in [0.15, 0.2) is 0 Å². The zero-order valence-corrected chi connectivity index (χ0v) is 6.91. The lowest BCUT2D eigenvalue weighted by atomic mass is 10.4. The largest absolute Gasteiger partial charge is 0.366 e. The van der Waals surface area contributed by atoms with Gasteiger partial charge in [-0.25, -0.2) is 0 Å². The number of hydrogen-bond donors (Lipinski definition) is 0. The van der Waals surface area contributed by atoms with E-state index in [9.17, 15) is 0 Å². The molecule has 0 aromatic rings. The maximum absolute atomic E-state index is 5.47. The summed E-state index contributed by atoms with van der Waals surface area (Å²) in [6, 6.07) is 0. The fraction of sp³-hybridized carbons (Fsp3) is 1.00. The van der Waals surface area contributed by atoms with Crippen molar-refractivity contribution in [3.8, 4) is 0 Å². The summed E-state index contributed by atoms with van der Waals surface area (Å²) < 4.78 is 5.47. The SMILES string of the molecule is CCCOC1SC1CC. The fourth-order valence-corrected chi connectivity index (χ4v) is 1.69. The van der Waals surface area contributed by atoms with Crippen LogP contribution in [0.3, 0.4) is 0 Å². The molecular weight excluding hydrogens is 132 g/mol. The molecule has 1 rings (SSSR count). The van der Waals surface area contributed by atoms with Gasteiger partial charge in [0.2, 0.25) is 0 Å². The van der Waals surface area contributed by atoms with Gasteiger partial charge < -0.3 is 4.74 Å². The summed E-state index contributed by atoms with van der Waals surface area (Å²) in [6.45, 7) is 5.30. The Balaban J connectivity index is 1.92. The third-order valence-electron chi connectivity index (χ3n) is 1.42. The minimum atomic E-state index is 0.551. The Kier molecular flexibility index (Phi) is 2.86. The van der Waals surface area contributed by atoms with E-state index in [1.807, 2.05) is 11.8 Å². The van der Waals surface area contributed by atoms with Gasteiger partial charge in [-0.05, 0) is 12.8 Å². The smallest absolute Gasteiger partial charge is 0.115 e. The van der Waals surface area contributed by atoms with Crippen LogP contribution in [0.25, 0.3) is 0 Å². The lowest BCUT2D eigenvalue weighted by Gasteiger charge is -1.95. The van der Waals surface area contributed by atoms with Gasteiger partial charge in [0.1, 0.15) is 5.44 Å². The predicted octanol–water partition coefficient (Wildman–Crippen LogP) is 2.26. The van der Waals surface area contributed by atoms with E-state index in [1.54, 1.807) is 0 Å². The first-order valence-electron chi connectivity index (χ1n) is 3.65. The highest BCUT2D eigenvalue weighted by Gasteiger charge is 2.37. The minimum absolute atomic E-state index is 0.551. The van der Waals surface area contributed by atoms with Gasteiger partial charge in [-0.3, -0.25) is 0 Å². The van der Waals surface area contributed by atoms with Crippen molar-refractivity contribution in [1.29, 1.82) is 0 Å². The molecule has 2 atom stereocenters. The van der Waals surface area contributed by atoms with Crippen LogP contribution in [0, 0.1) is 0 Å². The molecule has 0 aliphatic carbocycles. The topological polar surface area (TPSA) is 9.23 Å². The molecule has 1 heterocycles. The van der Waals surface area contributed by atoms with Crippen molar-refractivity contribution in [1.82, 2.24) is 0 Å². The molecule has 2 heteroatoms. The Morgan fingerprint density at radius 3 is 2.67 bits per heavy atom. The van der Waals surface area contributed by atoms with E-state index in [1.165, 1.54) is 6.42 Å². The van der Waals surface area contributed by atoms with Crippen LogP contribution >= 0.6 is 11.8 Å². The molecule has 54 valence electrons. The Morgan fingerprint density at radius 2 is 2.22 bits per heavy atom. The molecule has 1 fully saturated rings. The highest BCUT2D eigenvalue weighted by atomic mass is 32.2. The number of hydrogen-bond acceptors (Lipinski definition) is 2. The summed E-state index contributed by atoms with van der Waals surface area (Å²) in [7, 11) is 0. The standard InChI is InChI=1S/C7H14OS/c1-3-5-8-7-6(4-2)9-7/h6-7H,3-5H2,1-2H3. The number of rotatable bonds is 4. The molecular formula is C7H14OS. The highest BCUT2D eigenvalue weighted by molar-refractivity contribution is 8.07. The van der Waals surface area contributed by atoms with Gasteiger partial charge in [0.25, 0.3) is 0 Å². The third kappa shape index (κ3) is 2.18. The summed E-state index contributed by atoms with van der Waals surface area (Å²) >= 11 is 1.95. The summed E-state index contributed by atoms with van der Waals surface area (Å²) in [5, 5.41) is 0.816. The first kappa shape index (κ1) is 7.42. The average Bonchev–Trinajstić information content (AvgIpc) is 2.62. The van der Waals surface area contributed by atoms with Crippen molar-refractivity contribution in [3.63, 3.8) is 0 Å². The second-order valence-corrected chi connectivity index (χ2v) is 3.66. The van der Waals surface area contributed by atoms with Crippen molar-refractivity contribution in [2.24, 2.45) is 0 Å². The maximum Gasteiger partial charge on any atom is 0.115 e. The van der Waals surface area contributed by atoms with Crippen molar-refractivity contribution in [3.05, 3.63) is 0 Å². The second-order valence-electron chi connectivity index (χ2n) is 2.32. The van der Waals surface area contributed by atoms with Gasteiger partial charge in [0.05, 0.1) is 0 Å². The lowest BCUT2D eigenvalue weighted by molar-refractivity contribution is 0.131. The Hall–Kier alpha value is 0.310. The normalized spacial score (nSPS) is 32.7. The maximum atomic E-state index is 5.47. The molecule has 0 spiro atoms. The molecule has 0 saturated carbocycles. The number of ether oxygens (including phenoxy) is 1. The van der Waals surface area contributed by atoms with Crippen LogP contribution in [-0.2, 0) is 4.74 Å². The molecule has 0 N–H and O–H groups in total. The van der Waals surface area contributed by atoms with E-state index in [2.05, 4.69) is 13.8 Å². The first-order chi connectivity index (χ1) is 4.38. The number of thioether (sulfide) groups is 1. The molecule has 1 aliphatic rings. The molecule has 1 saturated heterocycles. The molecule has 2 unspecified atom stereocenters. The van der Waals surface area contributed by atoms with Crippen molar-refractivity contribution in [2.75, 3.05) is 6.61 Å². The molecule has 0 amide bonds. The van der Waals surface area contributed by atoms with Gasteiger partial charge in [-0.1, -0.05) is 13.8 Å². The summed E-state index contributed by atoms with van der Waals surface area (Å²) in [5.41, 5.74) is 0.551. The van der Waals surface area contributed by atoms with E-state index >= 15 is 0 Å². The van der Waals surface area contributed by atoms with E-state index < -0.39 is 0 Å². The quantitative estimate of drug-likeness (QED) is 0.563. The van der Waals surface area contributed by atoms with Crippen LogP contribution in [0.4, 0.5) is 0 Å². The Bertz CT molecular complexity index is 85.0. The predicted molar refractivity (Wildman–Crippen MR) is 41.7 cm³/mol. The van der Waals surface area contributed by atoms with E-state index in [-0.39, 0.29) is 0 Å². The minimum Gasteiger partial charge on any atom is -0.366 e. The van der Waals surface area contributed by atoms with Crippen LogP contribution in [0.1, 0.15) is 26.7 Å². The Morgan fingerprint density at radius 1 is 1.44 bits per heavy atom. The Labute approximate surface area is 61.2 Å². The third-order valence-corrected chi connectivity index (χ3v) is 2.77. The van der Waals surface area contributed by atoms with Crippen molar-refractivity contribution >= 4 is 11.8 Å². The van der Waals surface area contributed by atoms with E-state index in [0.717, 1.165) is 18.3 Å². The van der Waals surface area contributed by atoms with Crippen LogP contribution in [-0.4, -0.2) is 17.3 Å². The van der Waals surface area contributed by atoms with Gasteiger partial charge >= 0.3 is 0 Å². The molecule has 0 bridgehead atoms. The van der Waals surface area contributed by atoms with Crippen LogP contribution < -0.4 is 0 Å². The molecule has 0 aromatic carbocycles. The van der Waals surface area contributed by atoms with E-state index in [4.69, 9.17) is 4.74 Å². The molecule has 0 aromatic heterocycles. The zero-order chi connectivity index (χ0) is 6.69. The van der Waals surface area contributed by atoms with Crippen LogP contribution in [0.2, 0.25) is 0 Å². The second kappa shape index (κ2) is 3.47. The van der Waals surface area contributed by atoms with Gasteiger partial charge in [-0.2, -0.15) is 0 Å². The fourth-order valence-electron chi connectivity index (χ4n) is 0.796. The summed E-state index contributed by atoms with van der Waals surface area (Å²) in [6.07, 6.45) is 2.41. The lowest BCUT2D eigenvalue weighted by Crippen LogP contribution is -1.99. The molecule has 1 nitrogen and oxygen atoms in total. The zero-order valence-electron chi connectivity index (χ0n) is 6.09.